The first-order chi connectivity index (χ1) is 9.31. The Hall–Kier alpha value is -0.890. The van der Waals surface area contributed by atoms with Crippen LogP contribution in [0.1, 0.15) is 12.0 Å². The topological polar surface area (TPSA) is 47.3 Å². The maximum Gasteiger partial charge on any atom is 0.411 e. The molecule has 0 heterocycles. The Morgan fingerprint density at radius 1 is 1.35 bits per heavy atom. The van der Waals surface area contributed by atoms with E-state index in [1.165, 1.54) is 18.2 Å². The van der Waals surface area contributed by atoms with E-state index in [0.717, 1.165) is 0 Å². The molecular weight excluding hydrogens is 300 g/mol. The van der Waals surface area contributed by atoms with Crippen molar-refractivity contribution in [3.8, 4) is 0 Å². The number of nitrogens with one attached hydrogen (secondary N) is 1. The Bertz CT molecular complexity index is 428. The molecule has 0 aromatic heterocycles. The number of halogens is 5. The average Bonchev–Trinajstić information content (AvgIpc) is 2.36. The fourth-order valence-corrected chi connectivity index (χ4v) is 1.82. The van der Waals surface area contributed by atoms with Gasteiger partial charge in [-0.3, -0.25) is 11.3 Å². The number of hydrogen-bond donors (Lipinski definition) is 2. The number of nitrogens with two attached hydrogens (primary N) is 1. The third-order valence-electron chi connectivity index (χ3n) is 2.59. The summed E-state index contributed by atoms with van der Waals surface area (Å²) in [5.41, 5.74) is 2.99. The molecular formula is C12H15ClF4N2O. The number of hydrogen-bond acceptors (Lipinski definition) is 3. The molecule has 0 amide bonds. The van der Waals surface area contributed by atoms with Gasteiger partial charge in [0.05, 0.1) is 0 Å². The van der Waals surface area contributed by atoms with E-state index in [1.54, 1.807) is 0 Å². The van der Waals surface area contributed by atoms with Crippen LogP contribution in [0, 0.1) is 5.82 Å². The van der Waals surface area contributed by atoms with Gasteiger partial charge in [0.25, 0.3) is 0 Å². The summed E-state index contributed by atoms with van der Waals surface area (Å²) in [6, 6.07) is 3.55. The van der Waals surface area contributed by atoms with Gasteiger partial charge in [0.15, 0.2) is 0 Å². The molecule has 0 aliphatic carbocycles. The van der Waals surface area contributed by atoms with E-state index < -0.39 is 18.6 Å². The third kappa shape index (κ3) is 6.51. The Morgan fingerprint density at radius 2 is 2.05 bits per heavy atom. The molecule has 0 fully saturated rings. The van der Waals surface area contributed by atoms with Gasteiger partial charge in [-0.05, 0) is 36.6 Å². The first kappa shape index (κ1) is 17.2. The van der Waals surface area contributed by atoms with Crippen LogP contribution in [0.15, 0.2) is 18.2 Å². The molecule has 8 heteroatoms. The van der Waals surface area contributed by atoms with Crippen molar-refractivity contribution in [3.05, 3.63) is 34.6 Å². The minimum Gasteiger partial charge on any atom is -0.372 e. The number of benzene rings is 1. The second-order valence-electron chi connectivity index (χ2n) is 4.26. The SMILES string of the molecule is NNC(CCOCC(F)(F)F)Cc1cc(F)ccc1Cl. The lowest BCUT2D eigenvalue weighted by Crippen LogP contribution is -2.38. The van der Waals surface area contributed by atoms with Crippen LogP contribution in [0.4, 0.5) is 17.6 Å². The first-order valence-corrected chi connectivity index (χ1v) is 6.24. The smallest absolute Gasteiger partial charge is 0.372 e. The molecule has 114 valence electrons. The van der Waals surface area contributed by atoms with Crippen LogP contribution in [-0.2, 0) is 11.2 Å². The van der Waals surface area contributed by atoms with Crippen LogP contribution < -0.4 is 11.3 Å². The van der Waals surface area contributed by atoms with Crippen molar-refractivity contribution in [1.29, 1.82) is 0 Å². The highest BCUT2D eigenvalue weighted by molar-refractivity contribution is 6.31. The summed E-state index contributed by atoms with van der Waals surface area (Å²) >= 11 is 5.90. The first-order valence-electron chi connectivity index (χ1n) is 5.86. The van der Waals surface area contributed by atoms with Crippen molar-refractivity contribution in [2.75, 3.05) is 13.2 Å². The highest BCUT2D eigenvalue weighted by atomic mass is 35.5. The van der Waals surface area contributed by atoms with E-state index in [0.29, 0.717) is 17.0 Å². The number of rotatable bonds is 7. The zero-order chi connectivity index (χ0) is 15.2. The molecule has 1 aromatic rings. The highest BCUT2D eigenvalue weighted by Crippen LogP contribution is 2.19. The lowest BCUT2D eigenvalue weighted by atomic mass is 10.0. The highest BCUT2D eigenvalue weighted by Gasteiger charge is 2.27. The largest absolute Gasteiger partial charge is 0.411 e. The summed E-state index contributed by atoms with van der Waals surface area (Å²) < 4.78 is 53.2. The Labute approximate surface area is 119 Å². The molecule has 20 heavy (non-hydrogen) atoms. The summed E-state index contributed by atoms with van der Waals surface area (Å²) in [6.45, 7) is -1.41. The fourth-order valence-electron chi connectivity index (χ4n) is 1.62. The number of alkyl halides is 3. The Kier molecular flexibility index (Phi) is 6.67. The zero-order valence-corrected chi connectivity index (χ0v) is 11.3. The molecule has 0 aliphatic rings. The van der Waals surface area contributed by atoms with Crippen molar-refractivity contribution in [2.24, 2.45) is 5.84 Å². The van der Waals surface area contributed by atoms with Gasteiger partial charge in [-0.25, -0.2) is 4.39 Å². The molecule has 1 atom stereocenters. The Morgan fingerprint density at radius 3 is 2.65 bits per heavy atom. The Balaban J connectivity index is 2.45. The van der Waals surface area contributed by atoms with Gasteiger partial charge in [0.1, 0.15) is 12.4 Å². The molecule has 0 saturated heterocycles. The summed E-state index contributed by atoms with van der Waals surface area (Å²) in [4.78, 5) is 0. The van der Waals surface area contributed by atoms with Gasteiger partial charge in [0, 0.05) is 17.7 Å². The number of hydrazine groups is 1. The van der Waals surface area contributed by atoms with Crippen LogP contribution in [0.25, 0.3) is 0 Å². The quantitative estimate of drug-likeness (QED) is 0.352. The monoisotopic (exact) mass is 314 g/mol. The molecule has 0 spiro atoms. The standard InChI is InChI=1S/C12H15ClF4N2O/c13-11-2-1-9(14)5-8(11)6-10(19-18)3-4-20-7-12(15,16)17/h1-2,5,10,19H,3-4,6-7,18H2. The third-order valence-corrected chi connectivity index (χ3v) is 2.95. The predicted octanol–water partition coefficient (Wildman–Crippen LogP) is 2.82. The van der Waals surface area contributed by atoms with Crippen LogP contribution in [-0.4, -0.2) is 25.4 Å². The summed E-state index contributed by atoms with van der Waals surface area (Å²) in [5.74, 6) is 4.88. The normalized spacial score (nSPS) is 13.5. The second-order valence-corrected chi connectivity index (χ2v) is 4.67. The average molecular weight is 315 g/mol. The fraction of sp³-hybridized carbons (Fsp3) is 0.500. The molecule has 0 bridgehead atoms. The van der Waals surface area contributed by atoms with Gasteiger partial charge in [-0.1, -0.05) is 11.6 Å². The van der Waals surface area contributed by atoms with Crippen LogP contribution >= 0.6 is 11.6 Å². The van der Waals surface area contributed by atoms with Gasteiger partial charge >= 0.3 is 6.18 Å². The van der Waals surface area contributed by atoms with Crippen LogP contribution in [0.2, 0.25) is 5.02 Å². The molecule has 3 nitrogen and oxygen atoms in total. The van der Waals surface area contributed by atoms with Crippen molar-refractivity contribution < 1.29 is 22.3 Å². The van der Waals surface area contributed by atoms with Crippen molar-refractivity contribution in [1.82, 2.24) is 5.43 Å². The van der Waals surface area contributed by atoms with Crippen molar-refractivity contribution in [3.63, 3.8) is 0 Å². The minimum atomic E-state index is -4.35. The lowest BCUT2D eigenvalue weighted by Gasteiger charge is -2.17. The molecule has 0 saturated carbocycles. The zero-order valence-electron chi connectivity index (χ0n) is 10.5. The molecule has 3 N–H and O–H groups in total. The van der Waals surface area contributed by atoms with Crippen molar-refractivity contribution >= 4 is 11.6 Å². The van der Waals surface area contributed by atoms with E-state index in [1.807, 2.05) is 0 Å². The second kappa shape index (κ2) is 7.78. The molecule has 1 aromatic carbocycles. The number of ether oxygens (including phenoxy) is 1. The maximum absolute atomic E-state index is 13.1. The van der Waals surface area contributed by atoms with Crippen LogP contribution in [0.5, 0.6) is 0 Å². The maximum atomic E-state index is 13.1. The molecule has 0 aliphatic heterocycles. The van der Waals surface area contributed by atoms with Crippen LogP contribution in [0.3, 0.4) is 0 Å². The van der Waals surface area contributed by atoms with E-state index in [9.17, 15) is 17.6 Å². The molecule has 1 unspecified atom stereocenters. The van der Waals surface area contributed by atoms with Gasteiger partial charge < -0.3 is 4.74 Å². The van der Waals surface area contributed by atoms with Crippen molar-refractivity contribution in [2.45, 2.75) is 25.1 Å². The van der Waals surface area contributed by atoms with Gasteiger partial charge in [-0.2, -0.15) is 13.2 Å². The van der Waals surface area contributed by atoms with E-state index in [2.05, 4.69) is 10.2 Å². The summed E-state index contributed by atoms with van der Waals surface area (Å²) in [5, 5.41) is 0.378. The predicted molar refractivity (Wildman–Crippen MR) is 67.7 cm³/mol. The summed E-state index contributed by atoms with van der Waals surface area (Å²) in [6.07, 6.45) is -3.81. The molecule has 1 rings (SSSR count). The van der Waals surface area contributed by atoms with Gasteiger partial charge in [0.2, 0.25) is 0 Å². The van der Waals surface area contributed by atoms with E-state index >= 15 is 0 Å². The van der Waals surface area contributed by atoms with Gasteiger partial charge in [-0.15, -0.1) is 0 Å². The van der Waals surface area contributed by atoms with E-state index in [4.69, 9.17) is 17.4 Å². The minimum absolute atomic E-state index is 0.110. The summed E-state index contributed by atoms with van der Waals surface area (Å²) in [7, 11) is 0. The molecule has 0 radical (unpaired) electrons. The van der Waals surface area contributed by atoms with E-state index in [-0.39, 0.29) is 19.1 Å². The lowest BCUT2D eigenvalue weighted by molar-refractivity contribution is -0.174.